The molecule has 0 bridgehead atoms. The summed E-state index contributed by atoms with van der Waals surface area (Å²) in [5, 5.41) is 24.1. The second-order valence-electron chi connectivity index (χ2n) is 6.51. The molecule has 8 nitrogen and oxygen atoms in total. The van der Waals surface area contributed by atoms with Gasteiger partial charge in [-0.1, -0.05) is 18.2 Å². The minimum atomic E-state index is -0.259. The van der Waals surface area contributed by atoms with Gasteiger partial charge in [0.05, 0.1) is 16.7 Å². The molecule has 3 N–H and O–H groups in total. The van der Waals surface area contributed by atoms with E-state index in [1.54, 1.807) is 42.5 Å². The number of amides is 1. The first-order valence-corrected chi connectivity index (χ1v) is 9.27. The molecule has 31 heavy (non-hydrogen) atoms. The lowest BCUT2D eigenvalue weighted by atomic mass is 10.1. The standard InChI is InChI=1S/C23H15N7O/c24-13-19(14-25)30-29-18-10-11-20-21(12-18)28-22(27-20)15-6-8-17(9-7-15)26-23(31)16-4-2-1-3-5-16/h1-12,29H,(H,26,31)(H,27,28). The number of nitrogens with zero attached hydrogens (tertiary/aromatic N) is 4. The molecule has 0 aliphatic carbocycles. The van der Waals surface area contributed by atoms with Gasteiger partial charge in [0.25, 0.3) is 5.91 Å². The molecule has 0 saturated carbocycles. The molecule has 0 saturated heterocycles. The minimum Gasteiger partial charge on any atom is -0.338 e. The molecule has 8 heteroatoms. The normalized spacial score (nSPS) is 10.0. The van der Waals surface area contributed by atoms with Crippen molar-refractivity contribution in [3.8, 4) is 23.5 Å². The van der Waals surface area contributed by atoms with E-state index < -0.39 is 0 Å². The zero-order valence-electron chi connectivity index (χ0n) is 16.1. The van der Waals surface area contributed by atoms with Gasteiger partial charge in [-0.2, -0.15) is 15.6 Å². The Kier molecular flexibility index (Phi) is 5.37. The Hall–Kier alpha value is -4.95. The van der Waals surface area contributed by atoms with Gasteiger partial charge in [-0.3, -0.25) is 10.2 Å². The van der Waals surface area contributed by atoms with E-state index in [0.717, 1.165) is 16.6 Å². The van der Waals surface area contributed by atoms with Crippen LogP contribution in [-0.4, -0.2) is 21.6 Å². The van der Waals surface area contributed by atoms with Crippen LogP contribution in [0, 0.1) is 22.7 Å². The maximum absolute atomic E-state index is 12.3. The van der Waals surface area contributed by atoms with E-state index >= 15 is 0 Å². The smallest absolute Gasteiger partial charge is 0.255 e. The lowest BCUT2D eigenvalue weighted by Gasteiger charge is -2.06. The Labute approximate surface area is 177 Å². The molecular formula is C23H15N7O. The Balaban J connectivity index is 1.51. The van der Waals surface area contributed by atoms with Crippen molar-refractivity contribution in [1.82, 2.24) is 9.97 Å². The van der Waals surface area contributed by atoms with Gasteiger partial charge >= 0.3 is 0 Å². The summed E-state index contributed by atoms with van der Waals surface area (Å²) in [6, 6.07) is 25.1. The molecule has 1 amide bonds. The topological polar surface area (TPSA) is 130 Å². The number of fused-ring (bicyclic) bond motifs is 1. The number of carbonyl (C=O) groups is 1. The van der Waals surface area contributed by atoms with Gasteiger partial charge in [0.1, 0.15) is 18.0 Å². The lowest BCUT2D eigenvalue weighted by molar-refractivity contribution is 0.102. The van der Waals surface area contributed by atoms with E-state index in [9.17, 15) is 4.79 Å². The number of benzene rings is 3. The third-order valence-corrected chi connectivity index (χ3v) is 4.44. The number of carbonyl (C=O) groups excluding carboxylic acids is 1. The third-order valence-electron chi connectivity index (χ3n) is 4.44. The van der Waals surface area contributed by atoms with Crippen LogP contribution in [0.1, 0.15) is 10.4 Å². The second kappa shape index (κ2) is 8.60. The van der Waals surface area contributed by atoms with E-state index in [-0.39, 0.29) is 11.6 Å². The van der Waals surface area contributed by atoms with Crippen LogP contribution >= 0.6 is 0 Å². The van der Waals surface area contributed by atoms with Crippen LogP contribution in [0.3, 0.4) is 0 Å². The fourth-order valence-corrected chi connectivity index (χ4v) is 2.92. The molecule has 3 aromatic carbocycles. The molecule has 0 unspecified atom stereocenters. The third kappa shape index (κ3) is 4.39. The maximum Gasteiger partial charge on any atom is 0.255 e. The van der Waals surface area contributed by atoms with Crippen LogP contribution in [-0.2, 0) is 0 Å². The monoisotopic (exact) mass is 405 g/mol. The van der Waals surface area contributed by atoms with Crippen molar-refractivity contribution in [3.63, 3.8) is 0 Å². The predicted octanol–water partition coefficient (Wildman–Crippen LogP) is 4.30. The summed E-state index contributed by atoms with van der Waals surface area (Å²) in [7, 11) is 0. The van der Waals surface area contributed by atoms with Crippen molar-refractivity contribution >= 4 is 34.0 Å². The van der Waals surface area contributed by atoms with Crippen molar-refractivity contribution in [3.05, 3.63) is 78.4 Å². The van der Waals surface area contributed by atoms with Gasteiger partial charge in [0.2, 0.25) is 5.71 Å². The molecule has 4 rings (SSSR count). The Morgan fingerprint density at radius 3 is 2.35 bits per heavy atom. The van der Waals surface area contributed by atoms with Crippen LogP contribution in [0.15, 0.2) is 77.9 Å². The second-order valence-corrected chi connectivity index (χ2v) is 6.51. The van der Waals surface area contributed by atoms with Crippen LogP contribution in [0.5, 0.6) is 0 Å². The quantitative estimate of drug-likeness (QED) is 0.337. The van der Waals surface area contributed by atoms with Crippen LogP contribution in [0.25, 0.3) is 22.4 Å². The highest BCUT2D eigenvalue weighted by molar-refractivity contribution is 6.10. The van der Waals surface area contributed by atoms with Crippen molar-refractivity contribution in [1.29, 1.82) is 10.5 Å². The maximum atomic E-state index is 12.3. The summed E-state index contributed by atoms with van der Waals surface area (Å²) >= 11 is 0. The summed E-state index contributed by atoms with van der Waals surface area (Å²) in [6.07, 6.45) is 0. The first-order valence-electron chi connectivity index (χ1n) is 9.27. The molecule has 0 fully saturated rings. The first-order chi connectivity index (χ1) is 15.2. The Morgan fingerprint density at radius 2 is 1.65 bits per heavy atom. The summed E-state index contributed by atoms with van der Waals surface area (Å²) in [5.41, 5.74) is 6.70. The van der Waals surface area contributed by atoms with E-state index in [1.807, 2.05) is 42.5 Å². The van der Waals surface area contributed by atoms with Gasteiger partial charge < -0.3 is 10.3 Å². The van der Waals surface area contributed by atoms with Gasteiger partial charge in [0, 0.05) is 16.8 Å². The summed E-state index contributed by atoms with van der Waals surface area (Å²) < 4.78 is 0. The average molecular weight is 405 g/mol. The van der Waals surface area contributed by atoms with Crippen molar-refractivity contribution in [2.75, 3.05) is 10.7 Å². The summed E-state index contributed by atoms with van der Waals surface area (Å²) in [4.78, 5) is 20.1. The molecule has 1 aromatic heterocycles. The van der Waals surface area contributed by atoms with E-state index in [2.05, 4.69) is 25.8 Å². The summed E-state index contributed by atoms with van der Waals surface area (Å²) in [5.74, 6) is 0.502. The number of nitriles is 2. The molecule has 1 heterocycles. The van der Waals surface area contributed by atoms with E-state index in [4.69, 9.17) is 10.5 Å². The molecule has 148 valence electrons. The predicted molar refractivity (Wildman–Crippen MR) is 118 cm³/mol. The molecule has 0 spiro atoms. The molecule has 0 aliphatic rings. The fraction of sp³-hybridized carbons (Fsp3) is 0. The number of H-pyrrole nitrogens is 1. The van der Waals surface area contributed by atoms with Crippen LogP contribution in [0.4, 0.5) is 11.4 Å². The number of hydrazone groups is 1. The van der Waals surface area contributed by atoms with E-state index in [0.29, 0.717) is 22.8 Å². The molecular weight excluding hydrogens is 390 g/mol. The molecule has 0 aliphatic heterocycles. The number of hydrogen-bond acceptors (Lipinski definition) is 6. The lowest BCUT2D eigenvalue weighted by Crippen LogP contribution is -2.11. The Morgan fingerprint density at radius 1 is 0.935 bits per heavy atom. The number of aromatic nitrogens is 2. The zero-order valence-corrected chi connectivity index (χ0v) is 16.1. The number of anilines is 2. The average Bonchev–Trinajstić information content (AvgIpc) is 3.24. The van der Waals surface area contributed by atoms with Crippen molar-refractivity contribution in [2.24, 2.45) is 5.10 Å². The molecule has 4 aromatic rings. The van der Waals surface area contributed by atoms with E-state index in [1.165, 1.54) is 0 Å². The van der Waals surface area contributed by atoms with Crippen LogP contribution < -0.4 is 10.7 Å². The number of nitrogens with one attached hydrogen (secondary N) is 3. The summed E-state index contributed by atoms with van der Waals surface area (Å²) in [6.45, 7) is 0. The molecule has 0 atom stereocenters. The number of rotatable bonds is 5. The fourth-order valence-electron chi connectivity index (χ4n) is 2.92. The van der Waals surface area contributed by atoms with Gasteiger partial charge in [-0.25, -0.2) is 4.98 Å². The van der Waals surface area contributed by atoms with Gasteiger partial charge in [-0.05, 0) is 54.6 Å². The SMILES string of the molecule is N#CC(C#N)=NNc1ccc2nc(-c3ccc(NC(=O)c4ccccc4)cc3)[nH]c2c1. The highest BCUT2D eigenvalue weighted by Crippen LogP contribution is 2.24. The van der Waals surface area contributed by atoms with Gasteiger partial charge in [0.15, 0.2) is 0 Å². The molecule has 0 radical (unpaired) electrons. The zero-order chi connectivity index (χ0) is 21.6. The van der Waals surface area contributed by atoms with Gasteiger partial charge in [-0.15, -0.1) is 0 Å². The number of aromatic amines is 1. The largest absolute Gasteiger partial charge is 0.338 e. The van der Waals surface area contributed by atoms with Crippen molar-refractivity contribution in [2.45, 2.75) is 0 Å². The first kappa shape index (κ1) is 19.4. The van der Waals surface area contributed by atoms with Crippen molar-refractivity contribution < 1.29 is 4.79 Å². The minimum absolute atomic E-state index is 0.171. The highest BCUT2D eigenvalue weighted by Gasteiger charge is 2.08. The number of hydrogen-bond donors (Lipinski definition) is 3. The Bertz CT molecular complexity index is 1340. The highest BCUT2D eigenvalue weighted by atomic mass is 16.1. The van der Waals surface area contributed by atoms with Crippen LogP contribution in [0.2, 0.25) is 0 Å². The number of imidazole rings is 1.